The molecule has 0 aliphatic carbocycles. The Labute approximate surface area is 279 Å². The van der Waals surface area contributed by atoms with Gasteiger partial charge in [0.05, 0.1) is 27.8 Å². The Hall–Kier alpha value is -6.32. The second-order valence-electron chi connectivity index (χ2n) is 12.3. The van der Waals surface area contributed by atoms with Crippen LogP contribution >= 0.6 is 0 Å². The minimum absolute atomic E-state index is 1.08. The zero-order valence-corrected chi connectivity index (χ0v) is 26.7. The highest BCUT2D eigenvalue weighted by Crippen LogP contribution is 2.39. The molecule has 0 atom stereocenters. The first-order valence-corrected chi connectivity index (χ1v) is 16.4. The average Bonchev–Trinajstić information content (AvgIpc) is 3.82. The number of rotatable bonds is 6. The summed E-state index contributed by atoms with van der Waals surface area (Å²) in [5.41, 5.74) is 12.8. The van der Waals surface area contributed by atoms with Crippen molar-refractivity contribution < 1.29 is 0 Å². The van der Waals surface area contributed by atoms with Gasteiger partial charge in [-0.2, -0.15) is 0 Å². The average molecular weight is 616 g/mol. The van der Waals surface area contributed by atoms with Gasteiger partial charge in [0.1, 0.15) is 0 Å². The molecule has 3 heteroatoms. The maximum Gasteiger partial charge on any atom is 0.0788 e. The first kappa shape index (κ1) is 27.9. The predicted octanol–water partition coefficient (Wildman–Crippen LogP) is 11.9. The largest absolute Gasteiger partial charge is 0.315 e. The van der Waals surface area contributed by atoms with E-state index < -0.39 is 0 Å². The molecule has 0 saturated carbocycles. The number of allylic oxidation sites excluding steroid dienone is 1. The summed E-state index contributed by atoms with van der Waals surface area (Å²) in [6.07, 6.45) is 6.49. The third-order valence-corrected chi connectivity index (χ3v) is 9.60. The zero-order valence-electron chi connectivity index (χ0n) is 26.7. The van der Waals surface area contributed by atoms with Crippen LogP contribution in [0, 0.1) is 0 Å². The van der Waals surface area contributed by atoms with Gasteiger partial charge in [0.2, 0.25) is 0 Å². The van der Waals surface area contributed by atoms with Crippen LogP contribution in [0.4, 0.5) is 0 Å². The highest BCUT2D eigenvalue weighted by Gasteiger charge is 2.19. The van der Waals surface area contributed by atoms with Crippen LogP contribution in [0.25, 0.3) is 78.4 Å². The van der Waals surface area contributed by atoms with Crippen LogP contribution in [-0.4, -0.2) is 13.7 Å². The molecule has 0 aliphatic rings. The topological polar surface area (TPSA) is 14.8 Å². The molecule has 0 radical (unpaired) electrons. The summed E-state index contributed by atoms with van der Waals surface area (Å²) in [7, 11) is 0. The smallest absolute Gasteiger partial charge is 0.0788 e. The van der Waals surface area contributed by atoms with Gasteiger partial charge in [-0.15, -0.1) is 0 Å². The molecular formula is C45H33N3. The summed E-state index contributed by atoms with van der Waals surface area (Å²) in [6, 6.07) is 54.2. The molecule has 3 nitrogen and oxygen atoms in total. The van der Waals surface area contributed by atoms with Crippen molar-refractivity contribution >= 4 is 61.3 Å². The van der Waals surface area contributed by atoms with Crippen molar-refractivity contribution in [3.05, 3.63) is 181 Å². The lowest BCUT2D eigenvalue weighted by Gasteiger charge is -2.14. The van der Waals surface area contributed by atoms with E-state index >= 15 is 0 Å². The van der Waals surface area contributed by atoms with Crippen molar-refractivity contribution in [2.75, 3.05) is 0 Å². The number of hydrogen-bond donors (Lipinski definition) is 0. The standard InChI is InChI=1S/C45H33N3/c1-3-41-40(29-31(2)32-15-6-4-7-16-32)38-22-11-12-23-42(38)47(41)36-20-14-19-35(30-36)46-28-27-33-25-26-39-37-21-10-13-24-43(37)48(45(39)44(33)46)34-17-8-5-9-18-34/h3-30H,1H2,2H3/b31-29+. The monoisotopic (exact) mass is 615 g/mol. The maximum atomic E-state index is 4.30. The third-order valence-electron chi connectivity index (χ3n) is 9.60. The molecular weight excluding hydrogens is 583 g/mol. The Morgan fingerprint density at radius 2 is 1.19 bits per heavy atom. The van der Waals surface area contributed by atoms with Gasteiger partial charge in [-0.25, -0.2) is 0 Å². The molecule has 0 aliphatic heterocycles. The summed E-state index contributed by atoms with van der Waals surface area (Å²) in [5.74, 6) is 0. The Balaban J connectivity index is 1.28. The van der Waals surface area contributed by atoms with Crippen molar-refractivity contribution in [2.45, 2.75) is 6.92 Å². The Bertz CT molecular complexity index is 2680. The van der Waals surface area contributed by atoms with E-state index in [1.165, 1.54) is 54.8 Å². The van der Waals surface area contributed by atoms with Crippen molar-refractivity contribution in [1.82, 2.24) is 13.7 Å². The van der Waals surface area contributed by atoms with Crippen LogP contribution in [0.5, 0.6) is 0 Å². The van der Waals surface area contributed by atoms with E-state index in [0.29, 0.717) is 0 Å². The minimum Gasteiger partial charge on any atom is -0.315 e. The number of hydrogen-bond acceptors (Lipinski definition) is 0. The molecule has 0 spiro atoms. The predicted molar refractivity (Wildman–Crippen MR) is 205 cm³/mol. The van der Waals surface area contributed by atoms with Gasteiger partial charge in [-0.1, -0.05) is 110 Å². The number of nitrogens with zero attached hydrogens (tertiary/aromatic N) is 3. The van der Waals surface area contributed by atoms with Crippen molar-refractivity contribution in [3.63, 3.8) is 0 Å². The lowest BCUT2D eigenvalue weighted by Crippen LogP contribution is -2.01. The number of para-hydroxylation sites is 3. The lowest BCUT2D eigenvalue weighted by molar-refractivity contribution is 1.07. The first-order valence-electron chi connectivity index (χ1n) is 16.4. The van der Waals surface area contributed by atoms with Gasteiger partial charge in [-0.05, 0) is 78.7 Å². The molecule has 0 fully saturated rings. The summed E-state index contributed by atoms with van der Waals surface area (Å²) in [6.45, 7) is 6.48. The van der Waals surface area contributed by atoms with Crippen LogP contribution < -0.4 is 0 Å². The van der Waals surface area contributed by atoms with E-state index in [4.69, 9.17) is 0 Å². The fourth-order valence-corrected chi connectivity index (χ4v) is 7.43. The van der Waals surface area contributed by atoms with E-state index in [1.54, 1.807) is 0 Å². The van der Waals surface area contributed by atoms with E-state index in [2.05, 4.69) is 191 Å². The molecule has 6 aromatic carbocycles. The van der Waals surface area contributed by atoms with E-state index in [-0.39, 0.29) is 0 Å². The summed E-state index contributed by atoms with van der Waals surface area (Å²) in [5, 5.41) is 4.90. The fraction of sp³-hybridized carbons (Fsp3) is 0.0222. The van der Waals surface area contributed by atoms with Gasteiger partial charge in [0, 0.05) is 50.4 Å². The zero-order chi connectivity index (χ0) is 32.2. The second kappa shape index (κ2) is 11.2. The molecule has 0 saturated heterocycles. The Kier molecular flexibility index (Phi) is 6.51. The van der Waals surface area contributed by atoms with Crippen molar-refractivity contribution in [1.29, 1.82) is 0 Å². The van der Waals surface area contributed by atoms with E-state index in [9.17, 15) is 0 Å². The van der Waals surface area contributed by atoms with Crippen molar-refractivity contribution in [2.24, 2.45) is 0 Å². The minimum atomic E-state index is 1.08. The summed E-state index contributed by atoms with van der Waals surface area (Å²) >= 11 is 0. The van der Waals surface area contributed by atoms with Gasteiger partial charge in [0.25, 0.3) is 0 Å². The Morgan fingerprint density at radius 1 is 0.542 bits per heavy atom. The molecule has 0 N–H and O–H groups in total. The second-order valence-corrected chi connectivity index (χ2v) is 12.3. The van der Waals surface area contributed by atoms with Crippen LogP contribution in [0.15, 0.2) is 164 Å². The SMILES string of the molecule is C=Cc1c(/C=C(\C)c2ccccc2)c2ccccc2n1-c1cccc(-n2ccc3ccc4c5ccccc5n(-c5ccccc5)c4c32)c1. The van der Waals surface area contributed by atoms with Crippen LogP contribution in [0.2, 0.25) is 0 Å². The Morgan fingerprint density at radius 3 is 1.96 bits per heavy atom. The molecule has 0 bridgehead atoms. The highest BCUT2D eigenvalue weighted by molar-refractivity contribution is 6.18. The van der Waals surface area contributed by atoms with Gasteiger partial charge >= 0.3 is 0 Å². The first-order chi connectivity index (χ1) is 23.7. The molecule has 9 aromatic rings. The number of benzene rings is 6. The third kappa shape index (κ3) is 4.29. The van der Waals surface area contributed by atoms with Gasteiger partial charge in [0.15, 0.2) is 0 Å². The van der Waals surface area contributed by atoms with Gasteiger partial charge in [-0.3, -0.25) is 0 Å². The molecule has 3 heterocycles. The van der Waals surface area contributed by atoms with Crippen LogP contribution in [0.3, 0.4) is 0 Å². The number of fused-ring (bicyclic) bond motifs is 6. The molecule has 3 aromatic heterocycles. The van der Waals surface area contributed by atoms with E-state index in [0.717, 1.165) is 28.3 Å². The normalized spacial score (nSPS) is 12.1. The maximum absolute atomic E-state index is 4.30. The molecule has 228 valence electrons. The summed E-state index contributed by atoms with van der Waals surface area (Å²) < 4.78 is 7.10. The highest BCUT2D eigenvalue weighted by atomic mass is 15.0. The molecule has 0 unspecified atom stereocenters. The van der Waals surface area contributed by atoms with Gasteiger partial charge < -0.3 is 13.7 Å². The summed E-state index contributed by atoms with van der Waals surface area (Å²) in [4.78, 5) is 0. The van der Waals surface area contributed by atoms with Crippen LogP contribution in [-0.2, 0) is 0 Å². The number of aromatic nitrogens is 3. The quantitative estimate of drug-likeness (QED) is 0.177. The van der Waals surface area contributed by atoms with Crippen molar-refractivity contribution in [3.8, 4) is 17.1 Å². The lowest BCUT2D eigenvalue weighted by atomic mass is 10.0. The molecule has 9 rings (SSSR count). The van der Waals surface area contributed by atoms with E-state index in [1.807, 2.05) is 6.08 Å². The molecule has 0 amide bonds. The molecule has 48 heavy (non-hydrogen) atoms. The fourth-order valence-electron chi connectivity index (χ4n) is 7.43. The van der Waals surface area contributed by atoms with Crippen LogP contribution in [0.1, 0.15) is 23.7 Å².